The molecular formula is C17H28O2. The third-order valence-electron chi connectivity index (χ3n) is 5.70. The summed E-state index contributed by atoms with van der Waals surface area (Å²) in [5.41, 5.74) is -0.0528. The van der Waals surface area contributed by atoms with Crippen LogP contribution in [0.1, 0.15) is 83.5 Å². The van der Waals surface area contributed by atoms with Crippen LogP contribution >= 0.6 is 0 Å². The fraction of sp³-hybridized carbons (Fsp3) is 0.941. The summed E-state index contributed by atoms with van der Waals surface area (Å²) in [6.45, 7) is 0. The lowest BCUT2D eigenvalue weighted by Crippen LogP contribution is -2.56. The molecule has 3 fully saturated rings. The van der Waals surface area contributed by atoms with Crippen molar-refractivity contribution in [2.45, 2.75) is 95.7 Å². The minimum atomic E-state index is -0.0528. The Morgan fingerprint density at radius 1 is 0.842 bits per heavy atom. The van der Waals surface area contributed by atoms with Crippen LogP contribution in [0, 0.1) is 5.41 Å². The molecule has 0 aromatic carbocycles. The van der Waals surface area contributed by atoms with Crippen molar-refractivity contribution in [3.05, 3.63) is 0 Å². The van der Waals surface area contributed by atoms with Crippen LogP contribution in [0.2, 0.25) is 0 Å². The third-order valence-corrected chi connectivity index (χ3v) is 5.70. The fourth-order valence-electron chi connectivity index (χ4n) is 4.36. The number of ketones is 1. The van der Waals surface area contributed by atoms with Crippen molar-refractivity contribution in [1.29, 1.82) is 0 Å². The molecule has 108 valence electrons. The largest absolute Gasteiger partial charge is 0.373 e. The lowest BCUT2D eigenvalue weighted by molar-refractivity contribution is -0.175. The summed E-state index contributed by atoms with van der Waals surface area (Å²) in [5, 5.41) is 0. The van der Waals surface area contributed by atoms with Crippen LogP contribution in [0.25, 0.3) is 0 Å². The zero-order chi connectivity index (χ0) is 13.1. The molecule has 2 nitrogen and oxygen atoms in total. The normalized spacial score (nSPS) is 32.6. The van der Waals surface area contributed by atoms with Gasteiger partial charge in [0.1, 0.15) is 5.78 Å². The Balaban J connectivity index is 1.62. The first-order valence-corrected chi connectivity index (χ1v) is 8.50. The van der Waals surface area contributed by atoms with Gasteiger partial charge in [0.05, 0.1) is 17.6 Å². The second kappa shape index (κ2) is 5.95. The van der Waals surface area contributed by atoms with E-state index in [4.69, 9.17) is 4.74 Å². The molecule has 2 heteroatoms. The molecule has 0 aromatic rings. The van der Waals surface area contributed by atoms with Crippen molar-refractivity contribution in [3.8, 4) is 0 Å². The van der Waals surface area contributed by atoms with Crippen molar-refractivity contribution >= 4 is 5.78 Å². The van der Waals surface area contributed by atoms with E-state index in [9.17, 15) is 4.79 Å². The summed E-state index contributed by atoms with van der Waals surface area (Å²) < 4.78 is 6.41. The van der Waals surface area contributed by atoms with Gasteiger partial charge in [0.25, 0.3) is 0 Å². The van der Waals surface area contributed by atoms with Crippen LogP contribution in [0.5, 0.6) is 0 Å². The Kier molecular flexibility index (Phi) is 4.26. The second-order valence-electron chi connectivity index (χ2n) is 6.94. The van der Waals surface area contributed by atoms with E-state index in [2.05, 4.69) is 0 Å². The first-order valence-electron chi connectivity index (χ1n) is 8.50. The zero-order valence-electron chi connectivity index (χ0n) is 12.2. The molecule has 1 spiro atoms. The molecule has 3 aliphatic rings. The minimum Gasteiger partial charge on any atom is -0.373 e. The summed E-state index contributed by atoms with van der Waals surface area (Å²) in [5.74, 6) is 0.507. The monoisotopic (exact) mass is 264 g/mol. The first-order chi connectivity index (χ1) is 9.31. The number of ether oxygens (including phenoxy) is 1. The van der Waals surface area contributed by atoms with Gasteiger partial charge in [-0.15, -0.1) is 0 Å². The Morgan fingerprint density at radius 2 is 1.42 bits per heavy atom. The highest BCUT2D eigenvalue weighted by molar-refractivity contribution is 5.92. The van der Waals surface area contributed by atoms with Crippen molar-refractivity contribution in [2.24, 2.45) is 5.41 Å². The van der Waals surface area contributed by atoms with Crippen LogP contribution < -0.4 is 0 Å². The molecule has 3 rings (SSSR count). The number of Topliss-reactive ketones (excluding diaryl/α,β-unsaturated/α-hetero) is 1. The Morgan fingerprint density at radius 3 is 2.00 bits per heavy atom. The molecule has 0 N–H and O–H groups in total. The molecule has 0 bridgehead atoms. The molecule has 0 amide bonds. The van der Waals surface area contributed by atoms with Gasteiger partial charge >= 0.3 is 0 Å². The van der Waals surface area contributed by atoms with E-state index in [1.165, 1.54) is 64.2 Å². The third kappa shape index (κ3) is 2.74. The SMILES string of the molecule is O=C1CC(OC2CCCCCC2)C12CCCCCC2. The molecule has 0 saturated heterocycles. The van der Waals surface area contributed by atoms with Crippen LogP contribution in [-0.4, -0.2) is 18.0 Å². The molecular weight excluding hydrogens is 236 g/mol. The molecule has 1 atom stereocenters. The maximum atomic E-state index is 12.2. The molecule has 3 aliphatic carbocycles. The first kappa shape index (κ1) is 13.6. The van der Waals surface area contributed by atoms with Crippen LogP contribution in [0.15, 0.2) is 0 Å². The van der Waals surface area contributed by atoms with E-state index in [-0.39, 0.29) is 11.5 Å². The Hall–Kier alpha value is -0.370. The number of rotatable bonds is 2. The fourth-order valence-corrected chi connectivity index (χ4v) is 4.36. The maximum absolute atomic E-state index is 12.2. The smallest absolute Gasteiger partial charge is 0.144 e. The standard InChI is InChI=1S/C17H28O2/c18-15-13-16(17(15)11-7-3-4-8-12-17)19-14-9-5-1-2-6-10-14/h14,16H,1-13H2. The highest BCUT2D eigenvalue weighted by Gasteiger charge is 2.55. The van der Waals surface area contributed by atoms with E-state index in [1.807, 2.05) is 0 Å². The van der Waals surface area contributed by atoms with E-state index in [0.717, 1.165) is 12.8 Å². The number of hydrogen-bond acceptors (Lipinski definition) is 2. The molecule has 19 heavy (non-hydrogen) atoms. The van der Waals surface area contributed by atoms with Crippen molar-refractivity contribution in [2.75, 3.05) is 0 Å². The van der Waals surface area contributed by atoms with Gasteiger partial charge in [0.15, 0.2) is 0 Å². The average molecular weight is 264 g/mol. The summed E-state index contributed by atoms with van der Waals surface area (Å²) in [6.07, 6.45) is 16.5. The molecule has 0 heterocycles. The predicted octanol–water partition coefficient (Wildman–Crippen LogP) is 4.41. The van der Waals surface area contributed by atoms with Crippen molar-refractivity contribution in [1.82, 2.24) is 0 Å². The van der Waals surface area contributed by atoms with E-state index < -0.39 is 0 Å². The van der Waals surface area contributed by atoms with Crippen molar-refractivity contribution < 1.29 is 9.53 Å². The van der Waals surface area contributed by atoms with Gasteiger partial charge in [-0.1, -0.05) is 51.4 Å². The summed E-state index contributed by atoms with van der Waals surface area (Å²) in [6, 6.07) is 0. The maximum Gasteiger partial charge on any atom is 0.144 e. The molecule has 0 aliphatic heterocycles. The van der Waals surface area contributed by atoms with Gasteiger partial charge in [0.2, 0.25) is 0 Å². The number of carbonyl (C=O) groups is 1. The average Bonchev–Trinajstić information content (AvgIpc) is 2.82. The minimum absolute atomic E-state index is 0.0528. The zero-order valence-corrected chi connectivity index (χ0v) is 12.2. The second-order valence-corrected chi connectivity index (χ2v) is 6.94. The highest BCUT2D eigenvalue weighted by Crippen LogP contribution is 2.50. The van der Waals surface area contributed by atoms with Gasteiger partial charge in [0, 0.05) is 6.42 Å². The lowest BCUT2D eigenvalue weighted by atomic mass is 9.60. The van der Waals surface area contributed by atoms with Crippen LogP contribution in [-0.2, 0) is 9.53 Å². The Bertz CT molecular complexity index is 307. The van der Waals surface area contributed by atoms with Crippen LogP contribution in [0.3, 0.4) is 0 Å². The van der Waals surface area contributed by atoms with E-state index in [0.29, 0.717) is 18.3 Å². The topological polar surface area (TPSA) is 26.3 Å². The van der Waals surface area contributed by atoms with Crippen LogP contribution in [0.4, 0.5) is 0 Å². The van der Waals surface area contributed by atoms with Gasteiger partial charge in [-0.25, -0.2) is 0 Å². The number of hydrogen-bond donors (Lipinski definition) is 0. The summed E-state index contributed by atoms with van der Waals surface area (Å²) in [7, 11) is 0. The van der Waals surface area contributed by atoms with Gasteiger partial charge in [-0.2, -0.15) is 0 Å². The number of carbonyl (C=O) groups excluding carboxylic acids is 1. The molecule has 0 aromatic heterocycles. The predicted molar refractivity (Wildman–Crippen MR) is 76.1 cm³/mol. The van der Waals surface area contributed by atoms with E-state index in [1.54, 1.807) is 0 Å². The lowest BCUT2D eigenvalue weighted by Gasteiger charge is -2.48. The Labute approximate surface area is 117 Å². The quantitative estimate of drug-likeness (QED) is 0.691. The summed E-state index contributed by atoms with van der Waals surface area (Å²) in [4.78, 5) is 12.2. The molecule has 3 saturated carbocycles. The highest BCUT2D eigenvalue weighted by atomic mass is 16.5. The molecule has 1 unspecified atom stereocenters. The van der Waals surface area contributed by atoms with E-state index >= 15 is 0 Å². The van der Waals surface area contributed by atoms with Crippen molar-refractivity contribution in [3.63, 3.8) is 0 Å². The van der Waals surface area contributed by atoms with Gasteiger partial charge in [-0.3, -0.25) is 4.79 Å². The summed E-state index contributed by atoms with van der Waals surface area (Å²) >= 11 is 0. The van der Waals surface area contributed by atoms with Gasteiger partial charge in [-0.05, 0) is 25.7 Å². The van der Waals surface area contributed by atoms with Gasteiger partial charge < -0.3 is 4.74 Å². The molecule has 0 radical (unpaired) electrons.